The van der Waals surface area contributed by atoms with Gasteiger partial charge in [-0.3, -0.25) is 4.98 Å². The summed E-state index contributed by atoms with van der Waals surface area (Å²) in [6, 6.07) is 14.3. The van der Waals surface area contributed by atoms with Crippen LogP contribution in [0.15, 0.2) is 48.7 Å². The Morgan fingerprint density at radius 2 is 1.59 bits per heavy atom. The normalized spacial score (nSPS) is 11.9. The van der Waals surface area contributed by atoms with Crippen molar-refractivity contribution < 1.29 is 4.39 Å². The molecule has 0 N–H and O–H groups in total. The Balaban J connectivity index is 2.14. The molecule has 1 nitrogen and oxygen atoms in total. The maximum atomic E-state index is 13.9. The van der Waals surface area contributed by atoms with Crippen LogP contribution in [-0.4, -0.2) is 4.98 Å². The Morgan fingerprint density at radius 1 is 0.909 bits per heavy atom. The zero-order valence-corrected chi connectivity index (χ0v) is 13.4. The van der Waals surface area contributed by atoms with E-state index in [9.17, 15) is 4.39 Å². The minimum atomic E-state index is -0.199. The number of hydrogen-bond donors (Lipinski definition) is 0. The van der Waals surface area contributed by atoms with Gasteiger partial charge < -0.3 is 0 Å². The molecule has 22 heavy (non-hydrogen) atoms. The molecule has 0 unspecified atom stereocenters. The van der Waals surface area contributed by atoms with E-state index in [0.717, 1.165) is 16.5 Å². The summed E-state index contributed by atoms with van der Waals surface area (Å²) in [5.41, 5.74) is 4.49. The van der Waals surface area contributed by atoms with E-state index in [1.807, 2.05) is 38.2 Å². The van der Waals surface area contributed by atoms with Gasteiger partial charge in [0, 0.05) is 17.0 Å². The zero-order valence-electron chi connectivity index (χ0n) is 13.4. The standard InChI is InChI=1S/C20H20FN/c1-13-10-17(11-14(2)19(13)21)20(3,4)16-8-7-15-6-5-9-22-18(15)12-16/h5-12H,1-4H3. The Morgan fingerprint density at radius 3 is 2.27 bits per heavy atom. The van der Waals surface area contributed by atoms with E-state index in [0.29, 0.717) is 11.1 Å². The van der Waals surface area contributed by atoms with Crippen molar-refractivity contribution in [1.29, 1.82) is 0 Å². The van der Waals surface area contributed by atoms with Crippen molar-refractivity contribution in [2.45, 2.75) is 33.1 Å². The van der Waals surface area contributed by atoms with Gasteiger partial charge in [-0.2, -0.15) is 0 Å². The van der Waals surface area contributed by atoms with Gasteiger partial charge in [0.15, 0.2) is 0 Å². The second-order valence-electron chi connectivity index (χ2n) is 6.46. The summed E-state index contributed by atoms with van der Waals surface area (Å²) in [6.07, 6.45) is 1.81. The largest absolute Gasteiger partial charge is 0.256 e. The first-order chi connectivity index (χ1) is 10.4. The Kier molecular flexibility index (Phi) is 3.48. The molecular weight excluding hydrogens is 273 g/mol. The molecule has 0 aliphatic carbocycles. The summed E-state index contributed by atoms with van der Waals surface area (Å²) >= 11 is 0. The highest BCUT2D eigenvalue weighted by molar-refractivity contribution is 5.79. The summed E-state index contributed by atoms with van der Waals surface area (Å²) in [7, 11) is 0. The maximum absolute atomic E-state index is 13.9. The highest BCUT2D eigenvalue weighted by Crippen LogP contribution is 2.34. The van der Waals surface area contributed by atoms with Crippen LogP contribution in [0.2, 0.25) is 0 Å². The smallest absolute Gasteiger partial charge is 0.129 e. The highest BCUT2D eigenvalue weighted by atomic mass is 19.1. The molecule has 1 heterocycles. The van der Waals surface area contributed by atoms with Crippen LogP contribution in [0.25, 0.3) is 10.9 Å². The molecule has 0 fully saturated rings. The van der Waals surface area contributed by atoms with Crippen molar-refractivity contribution in [3.8, 4) is 0 Å². The maximum Gasteiger partial charge on any atom is 0.129 e. The van der Waals surface area contributed by atoms with Gasteiger partial charge in [-0.05, 0) is 48.2 Å². The minimum Gasteiger partial charge on any atom is -0.256 e. The fourth-order valence-corrected chi connectivity index (χ4v) is 2.93. The average molecular weight is 293 g/mol. The van der Waals surface area contributed by atoms with Crippen molar-refractivity contribution in [2.75, 3.05) is 0 Å². The van der Waals surface area contributed by atoms with E-state index < -0.39 is 0 Å². The van der Waals surface area contributed by atoms with Crippen molar-refractivity contribution in [1.82, 2.24) is 4.98 Å². The van der Waals surface area contributed by atoms with Crippen molar-refractivity contribution >= 4 is 10.9 Å². The molecule has 0 atom stereocenters. The molecule has 0 amide bonds. The molecule has 0 radical (unpaired) electrons. The molecule has 2 heteroatoms. The third-order valence-electron chi connectivity index (χ3n) is 4.49. The highest BCUT2D eigenvalue weighted by Gasteiger charge is 2.24. The van der Waals surface area contributed by atoms with E-state index >= 15 is 0 Å². The number of nitrogens with zero attached hydrogens (tertiary/aromatic N) is 1. The van der Waals surface area contributed by atoms with E-state index in [4.69, 9.17) is 0 Å². The van der Waals surface area contributed by atoms with Crippen LogP contribution in [-0.2, 0) is 5.41 Å². The third kappa shape index (κ3) is 2.39. The number of halogens is 1. The Bertz CT molecular complexity index is 826. The van der Waals surface area contributed by atoms with Crippen LogP contribution in [0.1, 0.15) is 36.1 Å². The van der Waals surface area contributed by atoms with Gasteiger partial charge in [0.25, 0.3) is 0 Å². The molecule has 0 aliphatic heterocycles. The predicted octanol–water partition coefficient (Wildman–Crippen LogP) is 5.32. The molecule has 0 aliphatic rings. The van der Waals surface area contributed by atoms with Crippen LogP contribution in [0.4, 0.5) is 4.39 Å². The zero-order chi connectivity index (χ0) is 15.9. The van der Waals surface area contributed by atoms with Crippen LogP contribution < -0.4 is 0 Å². The van der Waals surface area contributed by atoms with Crippen molar-refractivity contribution in [3.63, 3.8) is 0 Å². The van der Waals surface area contributed by atoms with E-state index in [2.05, 4.69) is 43.1 Å². The number of benzene rings is 2. The summed E-state index contributed by atoms with van der Waals surface area (Å²) in [5.74, 6) is -0.111. The van der Waals surface area contributed by atoms with Gasteiger partial charge in [0.2, 0.25) is 0 Å². The quantitative estimate of drug-likeness (QED) is 0.623. The second kappa shape index (κ2) is 5.20. The monoisotopic (exact) mass is 293 g/mol. The van der Waals surface area contributed by atoms with Gasteiger partial charge in [0.1, 0.15) is 5.82 Å². The first kappa shape index (κ1) is 14.7. The number of hydrogen-bond acceptors (Lipinski definition) is 1. The molecule has 3 aromatic rings. The number of fused-ring (bicyclic) bond motifs is 1. The van der Waals surface area contributed by atoms with Gasteiger partial charge in [-0.15, -0.1) is 0 Å². The minimum absolute atomic E-state index is 0.111. The van der Waals surface area contributed by atoms with Gasteiger partial charge in [-0.1, -0.05) is 44.2 Å². The van der Waals surface area contributed by atoms with Crippen LogP contribution in [0, 0.1) is 19.7 Å². The summed E-state index contributed by atoms with van der Waals surface area (Å²) in [5, 5.41) is 1.13. The molecular formula is C20H20FN. The first-order valence-corrected chi connectivity index (χ1v) is 7.52. The van der Waals surface area contributed by atoms with Crippen LogP contribution in [0.5, 0.6) is 0 Å². The Hall–Kier alpha value is -2.22. The molecule has 112 valence electrons. The average Bonchev–Trinajstić information content (AvgIpc) is 2.51. The molecule has 0 bridgehead atoms. The molecule has 1 aromatic heterocycles. The van der Waals surface area contributed by atoms with E-state index in [-0.39, 0.29) is 11.2 Å². The fraction of sp³-hybridized carbons (Fsp3) is 0.250. The summed E-state index contributed by atoms with van der Waals surface area (Å²) < 4.78 is 13.9. The van der Waals surface area contributed by atoms with Crippen LogP contribution in [0.3, 0.4) is 0 Å². The molecule has 0 saturated heterocycles. The lowest BCUT2D eigenvalue weighted by atomic mass is 9.77. The Labute approximate surface area is 130 Å². The number of aromatic nitrogens is 1. The fourth-order valence-electron chi connectivity index (χ4n) is 2.93. The second-order valence-corrected chi connectivity index (χ2v) is 6.46. The SMILES string of the molecule is Cc1cc(C(C)(C)c2ccc3cccnc3c2)cc(C)c1F. The van der Waals surface area contributed by atoms with Gasteiger partial charge in [-0.25, -0.2) is 4.39 Å². The van der Waals surface area contributed by atoms with Gasteiger partial charge in [0.05, 0.1) is 5.52 Å². The lowest BCUT2D eigenvalue weighted by molar-refractivity contribution is 0.597. The molecule has 2 aromatic carbocycles. The van der Waals surface area contributed by atoms with Gasteiger partial charge >= 0.3 is 0 Å². The predicted molar refractivity (Wildman–Crippen MR) is 89.7 cm³/mol. The topological polar surface area (TPSA) is 12.9 Å². The molecule has 0 spiro atoms. The van der Waals surface area contributed by atoms with Crippen LogP contribution >= 0.6 is 0 Å². The van der Waals surface area contributed by atoms with E-state index in [1.54, 1.807) is 0 Å². The lowest BCUT2D eigenvalue weighted by Gasteiger charge is -2.27. The summed E-state index contributed by atoms with van der Waals surface area (Å²) in [6.45, 7) is 7.99. The lowest BCUT2D eigenvalue weighted by Crippen LogP contribution is -2.19. The first-order valence-electron chi connectivity index (χ1n) is 7.52. The van der Waals surface area contributed by atoms with Crippen molar-refractivity contribution in [2.24, 2.45) is 0 Å². The summed E-state index contributed by atoms with van der Waals surface area (Å²) in [4.78, 5) is 4.44. The number of pyridine rings is 1. The number of aryl methyl sites for hydroxylation is 2. The third-order valence-corrected chi connectivity index (χ3v) is 4.49. The molecule has 0 saturated carbocycles. The van der Waals surface area contributed by atoms with E-state index in [1.165, 1.54) is 5.56 Å². The molecule has 3 rings (SSSR count). The number of rotatable bonds is 2. The van der Waals surface area contributed by atoms with Crippen molar-refractivity contribution in [3.05, 3.63) is 76.7 Å².